The summed E-state index contributed by atoms with van der Waals surface area (Å²) in [5, 5.41) is 0. The van der Waals surface area contributed by atoms with Crippen molar-refractivity contribution in [2.75, 3.05) is 20.3 Å². The summed E-state index contributed by atoms with van der Waals surface area (Å²) in [4.78, 5) is 10.7. The van der Waals surface area contributed by atoms with E-state index in [0.717, 1.165) is 6.42 Å². The molecule has 0 aliphatic heterocycles. The molecule has 0 bridgehead atoms. The molecule has 96 valence electrons. The summed E-state index contributed by atoms with van der Waals surface area (Å²) in [5.41, 5.74) is 0. The Hall–Kier alpha value is -0.570. The molecule has 0 aliphatic carbocycles. The van der Waals surface area contributed by atoms with Crippen molar-refractivity contribution < 1.29 is 14.3 Å². The van der Waals surface area contributed by atoms with Crippen molar-refractivity contribution in [1.29, 1.82) is 0 Å². The van der Waals surface area contributed by atoms with Crippen molar-refractivity contribution in [2.45, 2.75) is 58.3 Å². The smallest absolute Gasteiger partial charge is 0.331 e. The minimum absolute atomic E-state index is 0.0903. The SMILES string of the molecule is CCCCCCCCCCOCC(=O)OC. The summed E-state index contributed by atoms with van der Waals surface area (Å²) in [6.45, 7) is 3.00. The lowest BCUT2D eigenvalue weighted by Crippen LogP contribution is -2.10. The van der Waals surface area contributed by atoms with E-state index in [1.807, 2.05) is 0 Å². The Morgan fingerprint density at radius 2 is 1.50 bits per heavy atom. The lowest BCUT2D eigenvalue weighted by molar-refractivity contribution is -0.145. The number of ether oxygens (including phenoxy) is 2. The zero-order chi connectivity index (χ0) is 12.1. The molecule has 0 unspecified atom stereocenters. The Kier molecular flexibility index (Phi) is 12.1. The van der Waals surface area contributed by atoms with Gasteiger partial charge in [0.15, 0.2) is 0 Å². The molecule has 16 heavy (non-hydrogen) atoms. The minimum atomic E-state index is -0.292. The maximum atomic E-state index is 10.7. The molecular formula is C13H26O3. The molecule has 0 aliphatic rings. The molecule has 0 rings (SSSR count). The van der Waals surface area contributed by atoms with Crippen molar-refractivity contribution in [3.8, 4) is 0 Å². The summed E-state index contributed by atoms with van der Waals surface area (Å²) in [7, 11) is 1.38. The third-order valence-electron chi connectivity index (χ3n) is 2.59. The van der Waals surface area contributed by atoms with Crippen LogP contribution in [0, 0.1) is 0 Å². The number of hydrogen-bond acceptors (Lipinski definition) is 3. The van der Waals surface area contributed by atoms with Crippen LogP contribution >= 0.6 is 0 Å². The van der Waals surface area contributed by atoms with Crippen LogP contribution in [0.2, 0.25) is 0 Å². The lowest BCUT2D eigenvalue weighted by Gasteiger charge is -2.03. The third kappa shape index (κ3) is 11.5. The van der Waals surface area contributed by atoms with Gasteiger partial charge in [0.25, 0.3) is 0 Å². The van der Waals surface area contributed by atoms with Crippen LogP contribution in [0.1, 0.15) is 58.3 Å². The Balaban J connectivity index is 2.96. The largest absolute Gasteiger partial charge is 0.467 e. The van der Waals surface area contributed by atoms with Crippen LogP contribution in [0.25, 0.3) is 0 Å². The zero-order valence-electron chi connectivity index (χ0n) is 10.8. The topological polar surface area (TPSA) is 35.5 Å². The number of hydrogen-bond donors (Lipinski definition) is 0. The quantitative estimate of drug-likeness (QED) is 0.403. The fraction of sp³-hybridized carbons (Fsp3) is 0.923. The molecule has 0 atom stereocenters. The van der Waals surface area contributed by atoms with E-state index in [9.17, 15) is 4.79 Å². The van der Waals surface area contributed by atoms with Gasteiger partial charge in [-0.25, -0.2) is 4.79 Å². The summed E-state index contributed by atoms with van der Waals surface area (Å²) in [5.74, 6) is -0.292. The van der Waals surface area contributed by atoms with E-state index in [1.54, 1.807) is 0 Å². The van der Waals surface area contributed by atoms with Crippen LogP contribution in [-0.2, 0) is 14.3 Å². The predicted molar refractivity (Wildman–Crippen MR) is 65.4 cm³/mol. The van der Waals surface area contributed by atoms with Gasteiger partial charge in [-0.15, -0.1) is 0 Å². The van der Waals surface area contributed by atoms with Crippen molar-refractivity contribution in [3.63, 3.8) is 0 Å². The average molecular weight is 230 g/mol. The Morgan fingerprint density at radius 3 is 2.06 bits per heavy atom. The van der Waals surface area contributed by atoms with Gasteiger partial charge >= 0.3 is 5.97 Å². The monoisotopic (exact) mass is 230 g/mol. The Labute approximate surface area is 99.5 Å². The minimum Gasteiger partial charge on any atom is -0.467 e. The third-order valence-corrected chi connectivity index (χ3v) is 2.59. The highest BCUT2D eigenvalue weighted by Crippen LogP contribution is 2.08. The van der Waals surface area contributed by atoms with Gasteiger partial charge < -0.3 is 9.47 Å². The highest BCUT2D eigenvalue weighted by Gasteiger charge is 1.98. The second kappa shape index (κ2) is 12.5. The van der Waals surface area contributed by atoms with Crippen LogP contribution < -0.4 is 0 Å². The Morgan fingerprint density at radius 1 is 0.938 bits per heavy atom. The van der Waals surface area contributed by atoms with E-state index in [0.29, 0.717) is 6.61 Å². The summed E-state index contributed by atoms with van der Waals surface area (Å²) in [6, 6.07) is 0. The first-order chi connectivity index (χ1) is 7.81. The maximum absolute atomic E-state index is 10.7. The summed E-state index contributed by atoms with van der Waals surface area (Å²) >= 11 is 0. The highest BCUT2D eigenvalue weighted by atomic mass is 16.6. The van der Waals surface area contributed by atoms with E-state index in [2.05, 4.69) is 11.7 Å². The normalized spacial score (nSPS) is 10.4. The van der Waals surface area contributed by atoms with Gasteiger partial charge in [-0.2, -0.15) is 0 Å². The molecule has 3 heteroatoms. The van der Waals surface area contributed by atoms with E-state index in [4.69, 9.17) is 4.74 Å². The number of rotatable bonds is 11. The molecule has 0 aromatic carbocycles. The number of esters is 1. The predicted octanol–water partition coefficient (Wildman–Crippen LogP) is 3.32. The van der Waals surface area contributed by atoms with Crippen LogP contribution in [0.4, 0.5) is 0 Å². The molecule has 0 heterocycles. The molecule has 0 aromatic rings. The van der Waals surface area contributed by atoms with Gasteiger partial charge in [0.05, 0.1) is 7.11 Å². The van der Waals surface area contributed by atoms with E-state index in [1.165, 1.54) is 52.1 Å². The number of carbonyl (C=O) groups excluding carboxylic acids is 1. The molecule has 0 saturated heterocycles. The van der Waals surface area contributed by atoms with Gasteiger partial charge in [0, 0.05) is 6.61 Å². The molecule has 0 saturated carbocycles. The molecule has 3 nitrogen and oxygen atoms in total. The van der Waals surface area contributed by atoms with E-state index < -0.39 is 0 Å². The first-order valence-corrected chi connectivity index (χ1v) is 6.45. The Bertz CT molecular complexity index is 157. The molecular weight excluding hydrogens is 204 g/mol. The molecule has 0 aromatic heterocycles. The molecule has 0 fully saturated rings. The molecule has 0 radical (unpaired) electrons. The summed E-state index contributed by atoms with van der Waals surface area (Å²) in [6.07, 6.45) is 10.3. The second-order valence-electron chi connectivity index (χ2n) is 4.10. The highest BCUT2D eigenvalue weighted by molar-refractivity contribution is 5.70. The van der Waals surface area contributed by atoms with Crippen molar-refractivity contribution >= 4 is 5.97 Å². The number of carbonyl (C=O) groups is 1. The number of unbranched alkanes of at least 4 members (excludes halogenated alkanes) is 7. The first kappa shape index (κ1) is 15.4. The average Bonchev–Trinajstić information content (AvgIpc) is 2.31. The first-order valence-electron chi connectivity index (χ1n) is 6.45. The van der Waals surface area contributed by atoms with Gasteiger partial charge in [-0.1, -0.05) is 51.9 Å². The molecule has 0 spiro atoms. The standard InChI is InChI=1S/C13H26O3/c1-3-4-5-6-7-8-9-10-11-16-12-13(14)15-2/h3-12H2,1-2H3. The molecule has 0 N–H and O–H groups in total. The fourth-order valence-corrected chi connectivity index (χ4v) is 1.55. The van der Waals surface area contributed by atoms with Crippen molar-refractivity contribution in [2.24, 2.45) is 0 Å². The van der Waals surface area contributed by atoms with Gasteiger partial charge in [0.1, 0.15) is 6.61 Å². The summed E-state index contributed by atoms with van der Waals surface area (Å²) < 4.78 is 9.63. The van der Waals surface area contributed by atoms with Crippen LogP contribution in [0.5, 0.6) is 0 Å². The zero-order valence-corrected chi connectivity index (χ0v) is 10.8. The lowest BCUT2D eigenvalue weighted by atomic mass is 10.1. The molecule has 0 amide bonds. The van der Waals surface area contributed by atoms with Gasteiger partial charge in [0.2, 0.25) is 0 Å². The van der Waals surface area contributed by atoms with Crippen LogP contribution in [0.15, 0.2) is 0 Å². The van der Waals surface area contributed by atoms with Crippen LogP contribution in [-0.4, -0.2) is 26.3 Å². The van der Waals surface area contributed by atoms with E-state index >= 15 is 0 Å². The number of methoxy groups -OCH3 is 1. The van der Waals surface area contributed by atoms with E-state index in [-0.39, 0.29) is 12.6 Å². The van der Waals surface area contributed by atoms with Crippen molar-refractivity contribution in [3.05, 3.63) is 0 Å². The van der Waals surface area contributed by atoms with Crippen LogP contribution in [0.3, 0.4) is 0 Å². The van der Waals surface area contributed by atoms with Gasteiger partial charge in [-0.05, 0) is 6.42 Å². The maximum Gasteiger partial charge on any atom is 0.331 e. The fourth-order valence-electron chi connectivity index (χ4n) is 1.55. The van der Waals surface area contributed by atoms with Gasteiger partial charge in [-0.3, -0.25) is 0 Å². The second-order valence-corrected chi connectivity index (χ2v) is 4.10. The van der Waals surface area contributed by atoms with Crippen molar-refractivity contribution in [1.82, 2.24) is 0 Å².